The lowest BCUT2D eigenvalue weighted by atomic mass is 9.82. The van der Waals surface area contributed by atoms with Gasteiger partial charge in [-0.25, -0.2) is 0 Å². The molecule has 2 atom stereocenters. The summed E-state index contributed by atoms with van der Waals surface area (Å²) in [6, 6.07) is 19.3. The van der Waals surface area contributed by atoms with Gasteiger partial charge in [-0.1, -0.05) is 61.0 Å². The monoisotopic (exact) mass is 252 g/mol. The Kier molecular flexibility index (Phi) is 3.65. The van der Waals surface area contributed by atoms with Crippen molar-refractivity contribution in [2.75, 3.05) is 0 Å². The second kappa shape index (κ2) is 5.58. The number of aliphatic hydroxyl groups excluding tert-OH is 1. The average molecular weight is 252 g/mol. The van der Waals surface area contributed by atoms with Gasteiger partial charge >= 0.3 is 0 Å². The molecule has 2 unspecified atom stereocenters. The highest BCUT2D eigenvalue weighted by Crippen LogP contribution is 2.33. The van der Waals surface area contributed by atoms with Gasteiger partial charge in [-0.15, -0.1) is 0 Å². The molecule has 3 rings (SSSR count). The smallest absolute Gasteiger partial charge is 0.0546 e. The zero-order valence-corrected chi connectivity index (χ0v) is 11.1. The van der Waals surface area contributed by atoms with Crippen LogP contribution < -0.4 is 0 Å². The Hall–Kier alpha value is -1.60. The fraction of sp³-hybridized carbons (Fsp3) is 0.333. The lowest BCUT2D eigenvalue weighted by molar-refractivity contribution is 0.119. The molecule has 0 bridgehead atoms. The van der Waals surface area contributed by atoms with Gasteiger partial charge in [0.2, 0.25) is 0 Å². The molecular formula is C18H20O. The lowest BCUT2D eigenvalue weighted by Gasteiger charge is -2.26. The predicted molar refractivity (Wildman–Crippen MR) is 79.1 cm³/mol. The van der Waals surface area contributed by atoms with Crippen LogP contribution in [0.3, 0.4) is 0 Å². The number of rotatable bonds is 2. The molecule has 1 aliphatic carbocycles. The van der Waals surface area contributed by atoms with Gasteiger partial charge in [-0.3, -0.25) is 0 Å². The molecule has 1 aliphatic rings. The molecule has 0 heterocycles. The SMILES string of the molecule is OC1CCCC(c2ccc(-c3ccccc3)cc2)C1. The van der Waals surface area contributed by atoms with Gasteiger partial charge in [-0.05, 0) is 41.9 Å². The maximum atomic E-state index is 9.77. The van der Waals surface area contributed by atoms with Crippen LogP contribution in [0.4, 0.5) is 0 Å². The molecular weight excluding hydrogens is 232 g/mol. The molecule has 0 spiro atoms. The van der Waals surface area contributed by atoms with E-state index < -0.39 is 0 Å². The molecule has 0 radical (unpaired) electrons. The van der Waals surface area contributed by atoms with Crippen LogP contribution in [0.15, 0.2) is 54.6 Å². The summed E-state index contributed by atoms with van der Waals surface area (Å²) in [6.07, 6.45) is 4.14. The molecule has 0 saturated heterocycles. The van der Waals surface area contributed by atoms with Crippen molar-refractivity contribution in [1.29, 1.82) is 0 Å². The minimum absolute atomic E-state index is 0.104. The summed E-state index contributed by atoms with van der Waals surface area (Å²) in [5.74, 6) is 0.536. The summed E-state index contributed by atoms with van der Waals surface area (Å²) in [6.45, 7) is 0. The summed E-state index contributed by atoms with van der Waals surface area (Å²) in [5.41, 5.74) is 3.90. The highest BCUT2D eigenvalue weighted by molar-refractivity contribution is 5.63. The van der Waals surface area contributed by atoms with Crippen molar-refractivity contribution in [3.63, 3.8) is 0 Å². The third-order valence-corrected chi connectivity index (χ3v) is 4.14. The number of hydrogen-bond donors (Lipinski definition) is 1. The fourth-order valence-corrected chi connectivity index (χ4v) is 3.05. The van der Waals surface area contributed by atoms with E-state index in [1.165, 1.54) is 23.1 Å². The van der Waals surface area contributed by atoms with Crippen LogP contribution in [0.25, 0.3) is 11.1 Å². The van der Waals surface area contributed by atoms with E-state index in [2.05, 4.69) is 48.5 Å². The lowest BCUT2D eigenvalue weighted by Crippen LogP contribution is -2.18. The minimum atomic E-state index is -0.104. The Labute approximate surface area is 114 Å². The highest BCUT2D eigenvalue weighted by Gasteiger charge is 2.21. The van der Waals surface area contributed by atoms with Crippen LogP contribution in [0, 0.1) is 0 Å². The summed E-state index contributed by atoms with van der Waals surface area (Å²) in [4.78, 5) is 0. The van der Waals surface area contributed by atoms with E-state index in [9.17, 15) is 5.11 Å². The highest BCUT2D eigenvalue weighted by atomic mass is 16.3. The van der Waals surface area contributed by atoms with Gasteiger partial charge < -0.3 is 5.11 Å². The molecule has 1 fully saturated rings. The first-order valence-electron chi connectivity index (χ1n) is 7.16. The Morgan fingerprint density at radius 1 is 0.789 bits per heavy atom. The van der Waals surface area contributed by atoms with E-state index in [0.29, 0.717) is 5.92 Å². The maximum absolute atomic E-state index is 9.77. The molecule has 0 aromatic heterocycles. The standard InChI is InChI=1S/C18H20O/c19-18-8-4-7-17(13-18)16-11-9-15(10-12-16)14-5-2-1-3-6-14/h1-3,5-6,9-12,17-19H,4,7-8,13H2. The number of hydrogen-bond acceptors (Lipinski definition) is 1. The van der Waals surface area contributed by atoms with Gasteiger partial charge in [0.15, 0.2) is 0 Å². The molecule has 0 amide bonds. The van der Waals surface area contributed by atoms with Crippen LogP contribution >= 0.6 is 0 Å². The van der Waals surface area contributed by atoms with Gasteiger partial charge in [-0.2, -0.15) is 0 Å². The van der Waals surface area contributed by atoms with Gasteiger partial charge in [0.25, 0.3) is 0 Å². The van der Waals surface area contributed by atoms with Crippen LogP contribution in [0.2, 0.25) is 0 Å². The first-order valence-corrected chi connectivity index (χ1v) is 7.16. The van der Waals surface area contributed by atoms with Gasteiger partial charge in [0.1, 0.15) is 0 Å². The summed E-state index contributed by atoms with van der Waals surface area (Å²) in [5, 5.41) is 9.77. The second-order valence-corrected chi connectivity index (χ2v) is 5.51. The third kappa shape index (κ3) is 2.87. The van der Waals surface area contributed by atoms with E-state index in [-0.39, 0.29) is 6.10 Å². The van der Waals surface area contributed by atoms with Crippen LogP contribution in [0.1, 0.15) is 37.2 Å². The van der Waals surface area contributed by atoms with E-state index in [1.807, 2.05) is 6.07 Å². The molecule has 1 nitrogen and oxygen atoms in total. The largest absolute Gasteiger partial charge is 0.393 e. The summed E-state index contributed by atoms with van der Waals surface area (Å²) >= 11 is 0. The van der Waals surface area contributed by atoms with Gasteiger partial charge in [0, 0.05) is 0 Å². The summed E-state index contributed by atoms with van der Waals surface area (Å²) in [7, 11) is 0. The van der Waals surface area contributed by atoms with Crippen LogP contribution in [-0.4, -0.2) is 11.2 Å². The Morgan fingerprint density at radius 2 is 1.47 bits per heavy atom. The predicted octanol–water partition coefficient (Wildman–Crippen LogP) is 4.37. The quantitative estimate of drug-likeness (QED) is 0.841. The number of benzene rings is 2. The van der Waals surface area contributed by atoms with Crippen molar-refractivity contribution in [2.45, 2.75) is 37.7 Å². The van der Waals surface area contributed by atoms with Crippen LogP contribution in [0.5, 0.6) is 0 Å². The fourth-order valence-electron chi connectivity index (χ4n) is 3.05. The third-order valence-electron chi connectivity index (χ3n) is 4.14. The normalized spacial score (nSPS) is 23.2. The van der Waals surface area contributed by atoms with Crippen molar-refractivity contribution in [1.82, 2.24) is 0 Å². The van der Waals surface area contributed by atoms with E-state index in [4.69, 9.17) is 0 Å². The molecule has 2 aromatic rings. The molecule has 1 heteroatoms. The Morgan fingerprint density at radius 3 is 2.16 bits per heavy atom. The zero-order chi connectivity index (χ0) is 13.1. The molecule has 2 aromatic carbocycles. The first kappa shape index (κ1) is 12.4. The van der Waals surface area contributed by atoms with Crippen LogP contribution in [-0.2, 0) is 0 Å². The summed E-state index contributed by atoms with van der Waals surface area (Å²) < 4.78 is 0. The van der Waals surface area contributed by atoms with E-state index >= 15 is 0 Å². The van der Waals surface area contributed by atoms with Crippen molar-refractivity contribution >= 4 is 0 Å². The first-order chi connectivity index (χ1) is 9.33. The molecule has 1 N–H and O–H groups in total. The number of aliphatic hydroxyl groups is 1. The minimum Gasteiger partial charge on any atom is -0.393 e. The maximum Gasteiger partial charge on any atom is 0.0546 e. The second-order valence-electron chi connectivity index (χ2n) is 5.51. The topological polar surface area (TPSA) is 20.2 Å². The Balaban J connectivity index is 1.79. The Bertz CT molecular complexity index is 515. The van der Waals surface area contributed by atoms with Crippen molar-refractivity contribution in [3.05, 3.63) is 60.2 Å². The van der Waals surface area contributed by atoms with Crippen molar-refractivity contribution in [3.8, 4) is 11.1 Å². The molecule has 1 saturated carbocycles. The van der Waals surface area contributed by atoms with E-state index in [1.54, 1.807) is 0 Å². The average Bonchev–Trinajstić information content (AvgIpc) is 2.48. The van der Waals surface area contributed by atoms with Gasteiger partial charge in [0.05, 0.1) is 6.10 Å². The molecule has 19 heavy (non-hydrogen) atoms. The molecule has 98 valence electrons. The van der Waals surface area contributed by atoms with Crippen molar-refractivity contribution in [2.24, 2.45) is 0 Å². The van der Waals surface area contributed by atoms with E-state index in [0.717, 1.165) is 19.3 Å². The van der Waals surface area contributed by atoms with Crippen molar-refractivity contribution < 1.29 is 5.11 Å². The zero-order valence-electron chi connectivity index (χ0n) is 11.1. The molecule has 0 aliphatic heterocycles.